The third kappa shape index (κ3) is 4.07. The SMILES string of the molecule is CCCc1nc(N)cc(N2CCC(CN(C)C)CC2)n1. The maximum absolute atomic E-state index is 5.91. The Kier molecular flexibility index (Phi) is 5.17. The molecule has 0 radical (unpaired) electrons. The average Bonchev–Trinajstić information content (AvgIpc) is 2.38. The quantitative estimate of drug-likeness (QED) is 0.889. The lowest BCUT2D eigenvalue weighted by molar-refractivity contribution is 0.284. The van der Waals surface area contributed by atoms with Gasteiger partial charge in [0.25, 0.3) is 0 Å². The molecule has 0 aromatic carbocycles. The molecular formula is C15H27N5. The highest BCUT2D eigenvalue weighted by Gasteiger charge is 2.21. The zero-order valence-electron chi connectivity index (χ0n) is 13.0. The molecule has 0 spiro atoms. The molecule has 1 saturated heterocycles. The van der Waals surface area contributed by atoms with Gasteiger partial charge in [-0.05, 0) is 39.3 Å². The summed E-state index contributed by atoms with van der Waals surface area (Å²) in [4.78, 5) is 13.6. The van der Waals surface area contributed by atoms with Crippen molar-refractivity contribution in [1.82, 2.24) is 14.9 Å². The topological polar surface area (TPSA) is 58.3 Å². The molecule has 20 heavy (non-hydrogen) atoms. The fourth-order valence-electron chi connectivity index (χ4n) is 2.86. The van der Waals surface area contributed by atoms with Crippen molar-refractivity contribution >= 4 is 11.6 Å². The second kappa shape index (κ2) is 6.88. The van der Waals surface area contributed by atoms with Crippen LogP contribution in [0.4, 0.5) is 11.6 Å². The minimum absolute atomic E-state index is 0.592. The van der Waals surface area contributed by atoms with Gasteiger partial charge in [0.05, 0.1) is 0 Å². The molecule has 1 aromatic heterocycles. The average molecular weight is 277 g/mol. The Morgan fingerprint density at radius 3 is 2.60 bits per heavy atom. The Labute approximate surface area is 122 Å². The second-order valence-corrected chi connectivity index (χ2v) is 6.01. The Balaban J connectivity index is 1.99. The minimum Gasteiger partial charge on any atom is -0.384 e. The molecule has 112 valence electrons. The monoisotopic (exact) mass is 277 g/mol. The van der Waals surface area contributed by atoms with Gasteiger partial charge in [-0.2, -0.15) is 0 Å². The number of aromatic nitrogens is 2. The molecular weight excluding hydrogens is 250 g/mol. The fourth-order valence-corrected chi connectivity index (χ4v) is 2.86. The molecule has 0 aliphatic carbocycles. The van der Waals surface area contributed by atoms with Gasteiger partial charge in [-0.15, -0.1) is 0 Å². The van der Waals surface area contributed by atoms with E-state index in [-0.39, 0.29) is 0 Å². The van der Waals surface area contributed by atoms with Crippen LogP contribution >= 0.6 is 0 Å². The first kappa shape index (κ1) is 15.0. The maximum Gasteiger partial charge on any atom is 0.134 e. The summed E-state index contributed by atoms with van der Waals surface area (Å²) in [5, 5.41) is 0. The largest absolute Gasteiger partial charge is 0.384 e. The van der Waals surface area contributed by atoms with E-state index in [0.717, 1.165) is 43.5 Å². The highest BCUT2D eigenvalue weighted by molar-refractivity contribution is 5.47. The summed E-state index contributed by atoms with van der Waals surface area (Å²) in [6, 6.07) is 1.91. The van der Waals surface area contributed by atoms with Crippen LogP contribution < -0.4 is 10.6 Å². The van der Waals surface area contributed by atoms with Crippen molar-refractivity contribution in [1.29, 1.82) is 0 Å². The van der Waals surface area contributed by atoms with Gasteiger partial charge in [0.1, 0.15) is 17.5 Å². The van der Waals surface area contributed by atoms with Crippen molar-refractivity contribution in [2.24, 2.45) is 5.92 Å². The van der Waals surface area contributed by atoms with Gasteiger partial charge in [-0.25, -0.2) is 9.97 Å². The number of nitrogens with two attached hydrogens (primary N) is 1. The predicted octanol–water partition coefficient (Wildman–Crippen LogP) is 1.79. The number of nitrogen functional groups attached to an aromatic ring is 1. The van der Waals surface area contributed by atoms with Crippen molar-refractivity contribution in [3.63, 3.8) is 0 Å². The van der Waals surface area contributed by atoms with Crippen LogP contribution in [0.3, 0.4) is 0 Å². The van der Waals surface area contributed by atoms with Crippen molar-refractivity contribution in [2.45, 2.75) is 32.6 Å². The highest BCUT2D eigenvalue weighted by Crippen LogP contribution is 2.23. The van der Waals surface area contributed by atoms with Crippen LogP contribution in [-0.2, 0) is 6.42 Å². The Bertz CT molecular complexity index is 424. The molecule has 2 N–H and O–H groups in total. The molecule has 0 unspecified atom stereocenters. The van der Waals surface area contributed by atoms with Gasteiger partial charge < -0.3 is 15.5 Å². The molecule has 0 bridgehead atoms. The van der Waals surface area contributed by atoms with Gasteiger partial charge >= 0.3 is 0 Å². The summed E-state index contributed by atoms with van der Waals surface area (Å²) in [5.74, 6) is 3.27. The molecule has 2 heterocycles. The normalized spacial score (nSPS) is 16.9. The smallest absolute Gasteiger partial charge is 0.134 e. The van der Waals surface area contributed by atoms with E-state index in [1.54, 1.807) is 0 Å². The van der Waals surface area contributed by atoms with E-state index in [2.05, 4.69) is 40.8 Å². The number of nitrogens with zero attached hydrogens (tertiary/aromatic N) is 4. The van der Waals surface area contributed by atoms with Crippen LogP contribution in [0.1, 0.15) is 32.0 Å². The van der Waals surface area contributed by atoms with Crippen LogP contribution in [0.5, 0.6) is 0 Å². The minimum atomic E-state index is 0.592. The Morgan fingerprint density at radius 1 is 1.30 bits per heavy atom. The van der Waals surface area contributed by atoms with Crippen molar-refractivity contribution in [3.05, 3.63) is 11.9 Å². The van der Waals surface area contributed by atoms with Crippen LogP contribution in [0.25, 0.3) is 0 Å². The lowest BCUT2D eigenvalue weighted by Gasteiger charge is -2.34. The molecule has 1 fully saturated rings. The summed E-state index contributed by atoms with van der Waals surface area (Å²) in [5.41, 5.74) is 5.91. The summed E-state index contributed by atoms with van der Waals surface area (Å²) in [6.07, 6.45) is 4.40. The predicted molar refractivity (Wildman–Crippen MR) is 83.9 cm³/mol. The van der Waals surface area contributed by atoms with E-state index in [1.165, 1.54) is 19.4 Å². The summed E-state index contributed by atoms with van der Waals surface area (Å²) in [6.45, 7) is 5.46. The van der Waals surface area contributed by atoms with Crippen LogP contribution in [0, 0.1) is 5.92 Å². The molecule has 2 rings (SSSR count). The molecule has 0 atom stereocenters. The number of hydrogen-bond acceptors (Lipinski definition) is 5. The van der Waals surface area contributed by atoms with E-state index < -0.39 is 0 Å². The van der Waals surface area contributed by atoms with Gasteiger partial charge in [0, 0.05) is 32.1 Å². The van der Waals surface area contributed by atoms with E-state index in [9.17, 15) is 0 Å². The standard InChI is InChI=1S/C15H27N5/c1-4-5-14-17-13(16)10-15(18-14)20-8-6-12(7-9-20)11-19(2)3/h10,12H,4-9,11H2,1-3H3,(H2,16,17,18). The molecule has 0 saturated carbocycles. The van der Waals surface area contributed by atoms with Crippen LogP contribution in [0.2, 0.25) is 0 Å². The number of rotatable bonds is 5. The van der Waals surface area contributed by atoms with Gasteiger partial charge in [0.15, 0.2) is 0 Å². The zero-order valence-corrected chi connectivity index (χ0v) is 13.0. The summed E-state index contributed by atoms with van der Waals surface area (Å²) < 4.78 is 0. The second-order valence-electron chi connectivity index (χ2n) is 6.01. The molecule has 0 amide bonds. The molecule has 1 aromatic rings. The first-order valence-corrected chi connectivity index (χ1v) is 7.61. The van der Waals surface area contributed by atoms with E-state index in [4.69, 9.17) is 5.73 Å². The first-order chi connectivity index (χ1) is 9.58. The molecule has 1 aliphatic heterocycles. The maximum atomic E-state index is 5.91. The molecule has 5 nitrogen and oxygen atoms in total. The zero-order chi connectivity index (χ0) is 14.5. The number of hydrogen-bond donors (Lipinski definition) is 1. The number of piperidine rings is 1. The Morgan fingerprint density at radius 2 is 2.00 bits per heavy atom. The lowest BCUT2D eigenvalue weighted by atomic mass is 9.96. The third-order valence-corrected chi connectivity index (χ3v) is 3.81. The lowest BCUT2D eigenvalue weighted by Crippen LogP contribution is -2.37. The van der Waals surface area contributed by atoms with Crippen molar-refractivity contribution in [3.8, 4) is 0 Å². The van der Waals surface area contributed by atoms with Gasteiger partial charge in [-0.3, -0.25) is 0 Å². The van der Waals surface area contributed by atoms with E-state index in [1.807, 2.05) is 6.07 Å². The summed E-state index contributed by atoms with van der Waals surface area (Å²) in [7, 11) is 4.29. The fraction of sp³-hybridized carbons (Fsp3) is 0.733. The first-order valence-electron chi connectivity index (χ1n) is 7.61. The molecule has 1 aliphatic rings. The summed E-state index contributed by atoms with van der Waals surface area (Å²) >= 11 is 0. The van der Waals surface area contributed by atoms with Crippen LogP contribution in [-0.4, -0.2) is 48.6 Å². The van der Waals surface area contributed by atoms with Crippen molar-refractivity contribution in [2.75, 3.05) is 44.4 Å². The van der Waals surface area contributed by atoms with E-state index >= 15 is 0 Å². The van der Waals surface area contributed by atoms with E-state index in [0.29, 0.717) is 5.82 Å². The molecule has 5 heteroatoms. The third-order valence-electron chi connectivity index (χ3n) is 3.81. The van der Waals surface area contributed by atoms with Crippen molar-refractivity contribution < 1.29 is 0 Å². The van der Waals surface area contributed by atoms with Crippen LogP contribution in [0.15, 0.2) is 6.07 Å². The number of anilines is 2. The number of aryl methyl sites for hydroxylation is 1. The highest BCUT2D eigenvalue weighted by atomic mass is 15.2. The Hall–Kier alpha value is -1.36. The van der Waals surface area contributed by atoms with Gasteiger partial charge in [-0.1, -0.05) is 6.92 Å². The van der Waals surface area contributed by atoms with Gasteiger partial charge in [0.2, 0.25) is 0 Å².